The van der Waals surface area contributed by atoms with E-state index in [1.165, 1.54) is 0 Å². The summed E-state index contributed by atoms with van der Waals surface area (Å²) in [6.45, 7) is 0. The fourth-order valence-electron chi connectivity index (χ4n) is 3.40. The van der Waals surface area contributed by atoms with Gasteiger partial charge in [-0.2, -0.15) is 65.9 Å². The van der Waals surface area contributed by atoms with Gasteiger partial charge in [-0.1, -0.05) is 0 Å². The van der Waals surface area contributed by atoms with Crippen molar-refractivity contribution in [1.29, 1.82) is 0 Å². The van der Waals surface area contributed by atoms with Crippen LogP contribution in [0.2, 0.25) is 0 Å². The molecule has 0 spiro atoms. The van der Waals surface area contributed by atoms with Crippen molar-refractivity contribution in [3.05, 3.63) is 58.1 Å². The highest BCUT2D eigenvalue weighted by Gasteiger charge is 2.45. The number of halogens is 15. The van der Waals surface area contributed by atoms with E-state index < -0.39 is 98.4 Å². The van der Waals surface area contributed by atoms with Crippen molar-refractivity contribution < 1.29 is 65.9 Å². The number of benzene rings is 3. The smallest absolute Gasteiger partial charge is 0.166 e. The van der Waals surface area contributed by atoms with Crippen molar-refractivity contribution in [2.24, 2.45) is 0 Å². The molecule has 15 heteroatoms. The molecule has 0 saturated carbocycles. The Morgan fingerprint density at radius 2 is 0.588 bits per heavy atom. The minimum Gasteiger partial charge on any atom is -0.166 e. The lowest BCUT2D eigenvalue weighted by molar-refractivity contribution is -0.162. The molecule has 0 amide bonds. The second kappa shape index (κ2) is 7.31. The molecule has 0 nitrogen and oxygen atoms in total. The fourth-order valence-corrected chi connectivity index (χ4v) is 3.40. The summed E-state index contributed by atoms with van der Waals surface area (Å²) in [5, 5.41) is -6.16. The maximum absolute atomic E-state index is 13.5. The third kappa shape index (κ3) is 4.56. The predicted molar refractivity (Wildman–Crippen MR) is 86.5 cm³/mol. The average Bonchev–Trinajstić information content (AvgIpc) is 2.61. The van der Waals surface area contributed by atoms with Crippen LogP contribution in [0.4, 0.5) is 65.9 Å². The molecule has 0 heterocycles. The van der Waals surface area contributed by atoms with Crippen LogP contribution in [0.1, 0.15) is 27.8 Å². The molecular weight excluding hydrogens is 513 g/mol. The maximum Gasteiger partial charge on any atom is 0.417 e. The topological polar surface area (TPSA) is 0 Å². The monoisotopic (exact) mass is 518 g/mol. The van der Waals surface area contributed by atoms with E-state index in [1.807, 2.05) is 0 Å². The van der Waals surface area contributed by atoms with Crippen LogP contribution in [0, 0.1) is 0 Å². The Kier molecular flexibility index (Phi) is 5.54. The van der Waals surface area contributed by atoms with Crippen molar-refractivity contribution in [1.82, 2.24) is 0 Å². The molecule has 0 aliphatic heterocycles. The maximum atomic E-state index is 13.5. The summed E-state index contributed by atoms with van der Waals surface area (Å²) in [7, 11) is 0. The molecule has 0 N–H and O–H groups in total. The highest BCUT2D eigenvalue weighted by atomic mass is 19.4. The van der Waals surface area contributed by atoms with Gasteiger partial charge in [0.2, 0.25) is 0 Å². The first-order valence-corrected chi connectivity index (χ1v) is 8.47. The molecule has 0 saturated heterocycles. The molecule has 34 heavy (non-hydrogen) atoms. The van der Waals surface area contributed by atoms with Crippen LogP contribution in [0.5, 0.6) is 0 Å². The van der Waals surface area contributed by atoms with Crippen LogP contribution >= 0.6 is 0 Å². The number of hydrogen-bond acceptors (Lipinski definition) is 0. The Balaban J connectivity index is 2.73. The second-order valence-corrected chi connectivity index (χ2v) is 6.98. The SMILES string of the molecule is FC(F)(F)c1cc(C(F)(F)F)c2cc(C(F)(F)F)c3cc(C(F)(F)F)c(C(F)(F)F)cc3c2c1. The van der Waals surface area contributed by atoms with Crippen molar-refractivity contribution in [2.45, 2.75) is 30.9 Å². The fraction of sp³-hybridized carbons (Fsp3) is 0.263. The Labute approximate surface area is 177 Å². The number of rotatable bonds is 0. The lowest BCUT2D eigenvalue weighted by Crippen LogP contribution is -2.18. The molecule has 0 aliphatic carbocycles. The Hall–Kier alpha value is -2.87. The summed E-state index contributed by atoms with van der Waals surface area (Å²) in [5.41, 5.74) is -11.7. The van der Waals surface area contributed by atoms with Crippen LogP contribution in [0.15, 0.2) is 30.3 Å². The van der Waals surface area contributed by atoms with Gasteiger partial charge >= 0.3 is 30.9 Å². The molecule has 0 bridgehead atoms. The van der Waals surface area contributed by atoms with Gasteiger partial charge in [-0.15, -0.1) is 0 Å². The van der Waals surface area contributed by atoms with Gasteiger partial charge in [0.15, 0.2) is 0 Å². The van der Waals surface area contributed by atoms with Crippen LogP contribution in [0.25, 0.3) is 21.5 Å². The van der Waals surface area contributed by atoms with Gasteiger partial charge in [-0.25, -0.2) is 0 Å². The second-order valence-electron chi connectivity index (χ2n) is 6.98. The molecule has 0 radical (unpaired) electrons. The predicted octanol–water partition coefficient (Wildman–Crippen LogP) is 9.09. The van der Waals surface area contributed by atoms with Gasteiger partial charge in [0.05, 0.1) is 27.8 Å². The zero-order valence-corrected chi connectivity index (χ0v) is 15.6. The minimum atomic E-state index is -5.87. The van der Waals surface area contributed by atoms with E-state index in [0.717, 1.165) is 0 Å². The largest absolute Gasteiger partial charge is 0.417 e. The first-order chi connectivity index (χ1) is 15.0. The van der Waals surface area contributed by atoms with Crippen molar-refractivity contribution in [3.63, 3.8) is 0 Å². The highest BCUT2D eigenvalue weighted by molar-refractivity contribution is 6.11. The van der Waals surface area contributed by atoms with Crippen molar-refractivity contribution >= 4 is 21.5 Å². The van der Waals surface area contributed by atoms with Gasteiger partial charge in [0, 0.05) is 0 Å². The quantitative estimate of drug-likeness (QED) is 0.206. The molecule has 0 aromatic heterocycles. The van der Waals surface area contributed by atoms with Gasteiger partial charge in [-0.05, 0) is 51.9 Å². The minimum absolute atomic E-state index is 0.152. The molecule has 0 atom stereocenters. The van der Waals surface area contributed by atoms with E-state index in [9.17, 15) is 65.9 Å². The molecule has 0 unspecified atom stereocenters. The van der Waals surface area contributed by atoms with Gasteiger partial charge in [0.1, 0.15) is 0 Å². The molecule has 3 aromatic carbocycles. The summed E-state index contributed by atoms with van der Waals surface area (Å²) in [6, 6.07) is -2.15. The Morgan fingerprint density at radius 1 is 0.294 bits per heavy atom. The normalized spacial score (nSPS) is 14.3. The lowest BCUT2D eigenvalue weighted by Gasteiger charge is -2.22. The first kappa shape index (κ1) is 25.7. The van der Waals surface area contributed by atoms with E-state index in [4.69, 9.17) is 0 Å². The molecule has 3 rings (SSSR count). The number of hydrogen-bond donors (Lipinski definition) is 0. The van der Waals surface area contributed by atoms with E-state index >= 15 is 0 Å². The molecule has 186 valence electrons. The Bertz CT molecular complexity index is 1260. The molecule has 3 aromatic rings. The summed E-state index contributed by atoms with van der Waals surface area (Å²) in [5.74, 6) is 0. The summed E-state index contributed by atoms with van der Waals surface area (Å²) in [6.07, 6.45) is -28.6. The van der Waals surface area contributed by atoms with E-state index in [1.54, 1.807) is 0 Å². The van der Waals surface area contributed by atoms with Crippen LogP contribution < -0.4 is 0 Å². The van der Waals surface area contributed by atoms with Crippen molar-refractivity contribution in [2.75, 3.05) is 0 Å². The number of alkyl halides is 15. The third-order valence-corrected chi connectivity index (χ3v) is 4.76. The molecular formula is C19H5F15. The Morgan fingerprint density at radius 3 is 0.941 bits per heavy atom. The third-order valence-electron chi connectivity index (χ3n) is 4.76. The van der Waals surface area contributed by atoms with Gasteiger partial charge < -0.3 is 0 Å². The van der Waals surface area contributed by atoms with E-state index in [0.29, 0.717) is 0 Å². The summed E-state index contributed by atoms with van der Waals surface area (Å²) < 4.78 is 200. The highest BCUT2D eigenvalue weighted by Crippen LogP contribution is 2.49. The first-order valence-electron chi connectivity index (χ1n) is 8.47. The van der Waals surface area contributed by atoms with Crippen LogP contribution in [-0.2, 0) is 30.9 Å². The van der Waals surface area contributed by atoms with Crippen LogP contribution in [-0.4, -0.2) is 0 Å². The standard InChI is InChI=1S/C19H5F15/c20-15(21,22)6-1-7-8-3-13(18(29,30)31)14(19(32,33)34)5-10(8)12(17(26,27)28)4-9(7)11(2-6)16(23,24)25/h1-5H. The molecule has 0 aliphatic rings. The lowest BCUT2D eigenvalue weighted by atomic mass is 9.89. The van der Waals surface area contributed by atoms with Crippen molar-refractivity contribution in [3.8, 4) is 0 Å². The zero-order valence-electron chi connectivity index (χ0n) is 15.6. The molecule has 0 fully saturated rings. The van der Waals surface area contributed by atoms with Gasteiger partial charge in [-0.3, -0.25) is 0 Å². The zero-order chi connectivity index (χ0) is 26.2. The van der Waals surface area contributed by atoms with Gasteiger partial charge in [0.25, 0.3) is 0 Å². The van der Waals surface area contributed by atoms with E-state index in [-0.39, 0.29) is 12.1 Å². The van der Waals surface area contributed by atoms with Crippen LogP contribution in [0.3, 0.4) is 0 Å². The summed E-state index contributed by atoms with van der Waals surface area (Å²) >= 11 is 0. The average molecular weight is 518 g/mol. The number of fused-ring (bicyclic) bond motifs is 3. The van der Waals surface area contributed by atoms with E-state index in [2.05, 4.69) is 0 Å². The summed E-state index contributed by atoms with van der Waals surface area (Å²) in [4.78, 5) is 0.